The van der Waals surface area contributed by atoms with Gasteiger partial charge in [0.05, 0.1) is 35.5 Å². The van der Waals surface area contributed by atoms with E-state index < -0.39 is 65.3 Å². The molecule has 0 unspecified atom stereocenters. The third-order valence-corrected chi connectivity index (χ3v) is 6.96. The topological polar surface area (TPSA) is 160 Å². The average Bonchev–Trinajstić information content (AvgIpc) is 2.68. The first kappa shape index (κ1) is 26.8. The minimum Gasteiger partial charge on any atom is -0.459 e. The minimum atomic E-state index is -1.90. The third kappa shape index (κ3) is 5.31. The fraction of sp³-hybridized carbons (Fsp3) is 0.905. The highest BCUT2D eigenvalue weighted by molar-refractivity contribution is 5.89. The Kier molecular flexibility index (Phi) is 8.84. The van der Waals surface area contributed by atoms with E-state index in [9.17, 15) is 35.5 Å². The highest BCUT2D eigenvalue weighted by Crippen LogP contribution is 2.35. The Hall–Kier alpha value is -1.26. The maximum atomic E-state index is 12.6. The molecule has 0 spiro atoms. The summed E-state index contributed by atoms with van der Waals surface area (Å²) in [6.45, 7) is 10.6. The van der Waals surface area contributed by atoms with Crippen LogP contribution in [-0.4, -0.2) is 78.0 Å². The van der Waals surface area contributed by atoms with E-state index in [4.69, 9.17) is 4.74 Å². The summed E-state index contributed by atoms with van der Waals surface area (Å²) in [6.07, 6.45) is -5.02. The number of aliphatic hydroxyl groups excluding tert-OH is 3. The van der Waals surface area contributed by atoms with E-state index in [0.717, 1.165) is 0 Å². The molecule has 1 aliphatic rings. The molecule has 0 amide bonds. The molecule has 30 heavy (non-hydrogen) atoms. The number of carbonyl (C=O) groups excluding carboxylic acids is 1. The van der Waals surface area contributed by atoms with E-state index >= 15 is 0 Å². The van der Waals surface area contributed by atoms with Crippen molar-refractivity contribution in [3.05, 3.63) is 0 Å². The lowest BCUT2D eigenvalue weighted by Crippen LogP contribution is -2.57. The van der Waals surface area contributed by atoms with Gasteiger partial charge in [-0.2, -0.15) is 0 Å². The van der Waals surface area contributed by atoms with Crippen LogP contribution in [0.1, 0.15) is 61.3 Å². The van der Waals surface area contributed by atoms with Gasteiger partial charge in [0.25, 0.3) is 0 Å². The number of ether oxygens (including phenoxy) is 1. The standard InChI is InChI=1S/C21H39NO8/c1-8-15-21(7,28)18(25)11(3)16(22-29)13(5)20(6,27)9-14(23)10(2)17(24)12(4)19(26)30-15/h10-15,17-18,23-25,27-29H,8-9H2,1-7H3/b22-16-/t10-,11+,12-,13-,14-,15+,17-,18-,20+,21-/m1/s1. The van der Waals surface area contributed by atoms with Crippen LogP contribution in [-0.2, 0) is 9.53 Å². The molecule has 10 atom stereocenters. The van der Waals surface area contributed by atoms with Gasteiger partial charge in [0.15, 0.2) is 0 Å². The molecule has 1 saturated heterocycles. The molecule has 1 rings (SSSR count). The van der Waals surface area contributed by atoms with E-state index in [2.05, 4.69) is 5.16 Å². The van der Waals surface area contributed by atoms with Gasteiger partial charge in [-0.05, 0) is 27.2 Å². The predicted molar refractivity (Wildman–Crippen MR) is 110 cm³/mol. The number of esters is 1. The zero-order chi connectivity index (χ0) is 23.6. The number of oxime groups is 1. The number of cyclic esters (lactones) is 1. The molecule has 1 heterocycles. The molecule has 0 aromatic rings. The lowest BCUT2D eigenvalue weighted by atomic mass is 9.72. The Labute approximate surface area is 178 Å². The summed E-state index contributed by atoms with van der Waals surface area (Å²) < 4.78 is 5.44. The van der Waals surface area contributed by atoms with Gasteiger partial charge in [-0.1, -0.05) is 32.9 Å². The summed E-state index contributed by atoms with van der Waals surface area (Å²) in [7, 11) is 0. The van der Waals surface area contributed by atoms with Crippen molar-refractivity contribution in [2.75, 3.05) is 0 Å². The number of aliphatic hydroxyl groups is 5. The highest BCUT2D eigenvalue weighted by atomic mass is 16.6. The Morgan fingerprint density at radius 2 is 1.60 bits per heavy atom. The summed E-state index contributed by atoms with van der Waals surface area (Å²) in [5, 5.41) is 67.0. The first-order chi connectivity index (χ1) is 13.6. The fourth-order valence-electron chi connectivity index (χ4n) is 4.22. The molecule has 0 bridgehead atoms. The summed E-state index contributed by atoms with van der Waals surface area (Å²) in [5.74, 6) is -4.26. The normalized spacial score (nSPS) is 48.8. The van der Waals surface area contributed by atoms with Gasteiger partial charge in [-0.25, -0.2) is 0 Å². The molecular weight excluding hydrogens is 394 g/mol. The van der Waals surface area contributed by atoms with Crippen molar-refractivity contribution in [1.82, 2.24) is 0 Å². The second-order valence-corrected chi connectivity index (χ2v) is 9.31. The number of hydrogen-bond donors (Lipinski definition) is 6. The molecule has 1 fully saturated rings. The Balaban J connectivity index is 3.52. The lowest BCUT2D eigenvalue weighted by Gasteiger charge is -2.42. The van der Waals surface area contributed by atoms with Crippen molar-refractivity contribution in [3.63, 3.8) is 0 Å². The predicted octanol–water partition coefficient (Wildman–Crippen LogP) is 0.671. The molecule has 9 heteroatoms. The Morgan fingerprint density at radius 3 is 2.07 bits per heavy atom. The van der Waals surface area contributed by atoms with Gasteiger partial charge < -0.3 is 35.5 Å². The molecule has 1 aliphatic heterocycles. The Morgan fingerprint density at radius 1 is 1.07 bits per heavy atom. The van der Waals surface area contributed by atoms with Gasteiger partial charge in [0.2, 0.25) is 0 Å². The van der Waals surface area contributed by atoms with Crippen molar-refractivity contribution in [3.8, 4) is 0 Å². The van der Waals surface area contributed by atoms with E-state index in [1.807, 2.05) is 0 Å². The second kappa shape index (κ2) is 9.91. The maximum Gasteiger partial charge on any atom is 0.311 e. The van der Waals surface area contributed by atoms with Gasteiger partial charge in [0, 0.05) is 24.2 Å². The number of nitrogens with zero attached hydrogens (tertiary/aromatic N) is 1. The maximum absolute atomic E-state index is 12.6. The SMILES string of the molecule is CC[C@@H]1OC(=O)[C@H](C)[C@H](O)[C@H](C)[C@H](O)C[C@](C)(O)[C@H](C)/C(=N\O)[C@H](C)[C@@H](O)[C@]1(C)O. The van der Waals surface area contributed by atoms with Crippen LogP contribution in [0.5, 0.6) is 0 Å². The van der Waals surface area contributed by atoms with Crippen LogP contribution in [0.15, 0.2) is 5.16 Å². The zero-order valence-electron chi connectivity index (χ0n) is 19.0. The van der Waals surface area contributed by atoms with Gasteiger partial charge in [-0.15, -0.1) is 0 Å². The number of rotatable bonds is 1. The molecule has 0 aliphatic carbocycles. The lowest BCUT2D eigenvalue weighted by molar-refractivity contribution is -0.190. The summed E-state index contributed by atoms with van der Waals surface area (Å²) in [6, 6.07) is 0. The van der Waals surface area contributed by atoms with Crippen LogP contribution in [0.3, 0.4) is 0 Å². The quantitative estimate of drug-likeness (QED) is 0.200. The van der Waals surface area contributed by atoms with Gasteiger partial charge in [0.1, 0.15) is 11.7 Å². The van der Waals surface area contributed by atoms with Gasteiger partial charge in [-0.3, -0.25) is 4.79 Å². The van der Waals surface area contributed by atoms with Crippen LogP contribution in [0.25, 0.3) is 0 Å². The fourth-order valence-corrected chi connectivity index (χ4v) is 4.22. The third-order valence-electron chi connectivity index (χ3n) is 6.96. The van der Waals surface area contributed by atoms with Crippen LogP contribution < -0.4 is 0 Å². The highest BCUT2D eigenvalue weighted by Gasteiger charge is 2.48. The zero-order valence-corrected chi connectivity index (χ0v) is 19.0. The van der Waals surface area contributed by atoms with Crippen molar-refractivity contribution in [2.24, 2.45) is 28.8 Å². The minimum absolute atomic E-state index is 0.0276. The molecule has 176 valence electrons. The van der Waals surface area contributed by atoms with Gasteiger partial charge >= 0.3 is 5.97 Å². The van der Waals surface area contributed by atoms with Crippen molar-refractivity contribution >= 4 is 11.7 Å². The molecule has 0 aromatic carbocycles. The van der Waals surface area contributed by atoms with Crippen LogP contribution in [0, 0.1) is 23.7 Å². The molecule has 9 nitrogen and oxygen atoms in total. The van der Waals surface area contributed by atoms with E-state index in [1.165, 1.54) is 27.7 Å². The summed E-state index contributed by atoms with van der Waals surface area (Å²) in [4.78, 5) is 12.6. The van der Waals surface area contributed by atoms with E-state index in [-0.39, 0.29) is 18.6 Å². The molecule has 0 aromatic heterocycles. The van der Waals surface area contributed by atoms with Crippen molar-refractivity contribution in [2.45, 2.75) is 96.9 Å². The molecular formula is C21H39NO8. The first-order valence-electron chi connectivity index (χ1n) is 10.5. The number of carbonyl (C=O) groups is 1. The smallest absolute Gasteiger partial charge is 0.311 e. The largest absolute Gasteiger partial charge is 0.459 e. The average molecular weight is 434 g/mol. The Bertz CT molecular complexity index is 620. The monoisotopic (exact) mass is 433 g/mol. The molecule has 0 radical (unpaired) electrons. The van der Waals surface area contributed by atoms with E-state index in [1.54, 1.807) is 20.8 Å². The van der Waals surface area contributed by atoms with Crippen molar-refractivity contribution in [1.29, 1.82) is 0 Å². The summed E-state index contributed by atoms with van der Waals surface area (Å²) >= 11 is 0. The molecule has 6 N–H and O–H groups in total. The molecule has 0 saturated carbocycles. The van der Waals surface area contributed by atoms with Crippen LogP contribution in [0.2, 0.25) is 0 Å². The first-order valence-corrected chi connectivity index (χ1v) is 10.5. The van der Waals surface area contributed by atoms with Crippen LogP contribution in [0.4, 0.5) is 0 Å². The van der Waals surface area contributed by atoms with Crippen LogP contribution >= 0.6 is 0 Å². The van der Waals surface area contributed by atoms with E-state index in [0.29, 0.717) is 0 Å². The second-order valence-electron chi connectivity index (χ2n) is 9.31. The summed E-state index contributed by atoms with van der Waals surface area (Å²) in [5.41, 5.74) is -3.43. The van der Waals surface area contributed by atoms with Crippen molar-refractivity contribution < 1.29 is 40.3 Å². The number of hydrogen-bond acceptors (Lipinski definition) is 9.